The van der Waals surface area contributed by atoms with E-state index in [1.165, 1.54) is 44.5 Å². The van der Waals surface area contributed by atoms with E-state index in [0.29, 0.717) is 32.5 Å². The molecule has 0 fully saturated rings. The summed E-state index contributed by atoms with van der Waals surface area (Å²) in [6, 6.07) is 33.4. The summed E-state index contributed by atoms with van der Waals surface area (Å²) in [6.45, 7) is 4.80. The Morgan fingerprint density at radius 2 is 0.951 bits per heavy atom. The highest BCUT2D eigenvalue weighted by atomic mass is 16.5. The Kier molecular flexibility index (Phi) is 7.49. The van der Waals surface area contributed by atoms with Crippen LogP contribution in [0.5, 0.6) is 0 Å². The minimum atomic E-state index is -0.272. The number of ether oxygens (including phenoxy) is 2. The largest absolute Gasteiger partial charge is 0.465 e. The average Bonchev–Trinajstić information content (AvgIpc) is 3.47. The minimum absolute atomic E-state index is 0.0584. The molecule has 4 aromatic carbocycles. The van der Waals surface area contributed by atoms with Gasteiger partial charge in [-0.2, -0.15) is 0 Å². The van der Waals surface area contributed by atoms with Gasteiger partial charge in [0.15, 0.2) is 0 Å². The Labute approximate surface area is 242 Å². The molecule has 0 aromatic heterocycles. The molecule has 41 heavy (non-hydrogen) atoms. The molecule has 0 unspecified atom stereocenters. The highest BCUT2D eigenvalue weighted by Gasteiger charge is 2.31. The van der Waals surface area contributed by atoms with Crippen LogP contribution in [-0.2, 0) is 19.1 Å². The predicted octanol–water partition coefficient (Wildman–Crippen LogP) is 8.28. The predicted molar refractivity (Wildman–Crippen MR) is 162 cm³/mol. The van der Waals surface area contributed by atoms with Gasteiger partial charge in [-0.1, -0.05) is 111 Å². The number of rotatable bonds is 10. The van der Waals surface area contributed by atoms with Gasteiger partial charge in [-0.3, -0.25) is 9.59 Å². The fourth-order valence-corrected chi connectivity index (χ4v) is 6.54. The van der Waals surface area contributed by atoms with Gasteiger partial charge in [0.2, 0.25) is 0 Å². The SMILES string of the molecule is CC(C)(CCCC(=O)OCC1c2ccccc2-c2ccccc21)CC(=O)OCC1c2ccccc2-c2ccccc21. The molecule has 0 spiro atoms. The quantitative estimate of drug-likeness (QED) is 0.189. The van der Waals surface area contributed by atoms with Gasteiger partial charge in [0.05, 0.1) is 6.42 Å². The van der Waals surface area contributed by atoms with Gasteiger partial charge in [0, 0.05) is 18.3 Å². The van der Waals surface area contributed by atoms with Crippen LogP contribution >= 0.6 is 0 Å². The molecule has 4 heteroatoms. The van der Waals surface area contributed by atoms with Crippen LogP contribution in [0.3, 0.4) is 0 Å². The Morgan fingerprint density at radius 1 is 0.585 bits per heavy atom. The zero-order valence-electron chi connectivity index (χ0n) is 23.8. The van der Waals surface area contributed by atoms with Crippen LogP contribution < -0.4 is 0 Å². The molecule has 0 bridgehead atoms. The number of hydrogen-bond donors (Lipinski definition) is 0. The third kappa shape index (κ3) is 5.56. The van der Waals surface area contributed by atoms with E-state index in [0.717, 1.165) is 6.42 Å². The molecular weight excluding hydrogens is 508 g/mol. The van der Waals surface area contributed by atoms with Crippen molar-refractivity contribution in [3.8, 4) is 22.3 Å². The van der Waals surface area contributed by atoms with E-state index in [1.807, 2.05) is 36.4 Å². The van der Waals surface area contributed by atoms with Crippen molar-refractivity contribution >= 4 is 11.9 Å². The lowest BCUT2D eigenvalue weighted by molar-refractivity contribution is -0.146. The minimum Gasteiger partial charge on any atom is -0.465 e. The maximum absolute atomic E-state index is 12.9. The highest BCUT2D eigenvalue weighted by Crippen LogP contribution is 2.45. The van der Waals surface area contributed by atoms with Crippen LogP contribution in [0.2, 0.25) is 0 Å². The Bertz CT molecular complexity index is 1490. The molecule has 0 saturated heterocycles. The monoisotopic (exact) mass is 544 g/mol. The fraction of sp³-hybridized carbons (Fsp3) is 0.297. The van der Waals surface area contributed by atoms with Gasteiger partial charge < -0.3 is 9.47 Å². The first-order chi connectivity index (χ1) is 19.9. The second-order valence-electron chi connectivity index (χ2n) is 12.0. The van der Waals surface area contributed by atoms with Crippen molar-refractivity contribution in [2.45, 2.75) is 51.4 Å². The second kappa shape index (κ2) is 11.4. The molecule has 2 aliphatic carbocycles. The van der Waals surface area contributed by atoms with Gasteiger partial charge in [-0.15, -0.1) is 0 Å². The lowest BCUT2D eigenvalue weighted by atomic mass is 9.84. The molecule has 0 atom stereocenters. The van der Waals surface area contributed by atoms with Crippen LogP contribution in [-0.4, -0.2) is 25.2 Å². The van der Waals surface area contributed by atoms with Crippen molar-refractivity contribution in [2.24, 2.45) is 5.41 Å². The summed E-state index contributed by atoms with van der Waals surface area (Å²) in [5.41, 5.74) is 9.46. The first kappa shape index (κ1) is 27.0. The smallest absolute Gasteiger partial charge is 0.306 e. The molecule has 0 N–H and O–H groups in total. The van der Waals surface area contributed by atoms with E-state index < -0.39 is 0 Å². The molecule has 6 rings (SSSR count). The number of fused-ring (bicyclic) bond motifs is 6. The van der Waals surface area contributed by atoms with Gasteiger partial charge in [-0.25, -0.2) is 0 Å². The Hall–Kier alpha value is -4.18. The summed E-state index contributed by atoms with van der Waals surface area (Å²) < 4.78 is 11.6. The maximum atomic E-state index is 12.9. The highest BCUT2D eigenvalue weighted by molar-refractivity contribution is 5.80. The zero-order chi connectivity index (χ0) is 28.4. The van der Waals surface area contributed by atoms with Crippen LogP contribution in [0, 0.1) is 5.41 Å². The Morgan fingerprint density at radius 3 is 1.37 bits per heavy atom. The maximum Gasteiger partial charge on any atom is 0.306 e. The van der Waals surface area contributed by atoms with Gasteiger partial charge >= 0.3 is 11.9 Å². The summed E-state index contributed by atoms with van der Waals surface area (Å²) in [6.07, 6.45) is 2.06. The van der Waals surface area contributed by atoms with E-state index in [4.69, 9.17) is 9.47 Å². The molecule has 208 valence electrons. The number of hydrogen-bond acceptors (Lipinski definition) is 4. The first-order valence-electron chi connectivity index (χ1n) is 14.6. The molecule has 4 nitrogen and oxygen atoms in total. The van der Waals surface area contributed by atoms with E-state index >= 15 is 0 Å². The third-order valence-corrected chi connectivity index (χ3v) is 8.60. The number of carbonyl (C=O) groups is 2. The van der Waals surface area contributed by atoms with E-state index in [2.05, 4.69) is 74.5 Å². The normalized spacial score (nSPS) is 13.7. The molecule has 0 radical (unpaired) electrons. The number of carbonyl (C=O) groups excluding carboxylic acids is 2. The second-order valence-corrected chi connectivity index (χ2v) is 12.0. The van der Waals surface area contributed by atoms with Crippen molar-refractivity contribution in [3.05, 3.63) is 119 Å². The van der Waals surface area contributed by atoms with Crippen LogP contribution in [0.25, 0.3) is 22.3 Å². The molecule has 2 aliphatic rings. The standard InChI is InChI=1S/C37H36O4/c1-37(2,22-36(39)41-24-34-31-18-9-5-14-27(31)28-15-6-10-19-32(28)34)21-11-20-35(38)40-23-33-29-16-7-3-12-25(29)26-13-4-8-17-30(26)33/h3-10,12-19,33-34H,11,20-24H2,1-2H3. The summed E-state index contributed by atoms with van der Waals surface area (Å²) in [4.78, 5) is 25.5. The third-order valence-electron chi connectivity index (χ3n) is 8.60. The van der Waals surface area contributed by atoms with Crippen molar-refractivity contribution in [1.29, 1.82) is 0 Å². The van der Waals surface area contributed by atoms with E-state index in [-0.39, 0.29) is 29.2 Å². The lowest BCUT2D eigenvalue weighted by Gasteiger charge is -2.24. The van der Waals surface area contributed by atoms with E-state index in [9.17, 15) is 9.59 Å². The molecule has 0 amide bonds. The lowest BCUT2D eigenvalue weighted by Crippen LogP contribution is -2.21. The zero-order valence-corrected chi connectivity index (χ0v) is 23.8. The molecular formula is C37H36O4. The fourth-order valence-electron chi connectivity index (χ4n) is 6.54. The van der Waals surface area contributed by atoms with Crippen LogP contribution in [0.1, 0.15) is 73.6 Å². The van der Waals surface area contributed by atoms with E-state index in [1.54, 1.807) is 0 Å². The van der Waals surface area contributed by atoms with Crippen molar-refractivity contribution in [3.63, 3.8) is 0 Å². The van der Waals surface area contributed by atoms with Crippen molar-refractivity contribution in [1.82, 2.24) is 0 Å². The number of benzene rings is 4. The molecule has 0 heterocycles. The average molecular weight is 545 g/mol. The topological polar surface area (TPSA) is 52.6 Å². The molecule has 4 aromatic rings. The summed E-state index contributed by atoms with van der Waals surface area (Å²) in [5, 5.41) is 0. The summed E-state index contributed by atoms with van der Waals surface area (Å²) >= 11 is 0. The summed E-state index contributed by atoms with van der Waals surface area (Å²) in [7, 11) is 0. The first-order valence-corrected chi connectivity index (χ1v) is 14.6. The van der Waals surface area contributed by atoms with Crippen molar-refractivity contribution < 1.29 is 19.1 Å². The van der Waals surface area contributed by atoms with Crippen molar-refractivity contribution in [2.75, 3.05) is 13.2 Å². The van der Waals surface area contributed by atoms with Gasteiger partial charge in [0.1, 0.15) is 13.2 Å². The van der Waals surface area contributed by atoms with Crippen LogP contribution in [0.15, 0.2) is 97.1 Å². The van der Waals surface area contributed by atoms with Crippen LogP contribution in [0.4, 0.5) is 0 Å². The van der Waals surface area contributed by atoms with Gasteiger partial charge in [-0.05, 0) is 62.8 Å². The Balaban J connectivity index is 0.970. The number of esters is 2. The van der Waals surface area contributed by atoms with Gasteiger partial charge in [0.25, 0.3) is 0 Å². The summed E-state index contributed by atoms with van der Waals surface area (Å²) in [5.74, 6) is -0.263. The molecule has 0 aliphatic heterocycles. The molecule has 0 saturated carbocycles.